The van der Waals surface area contributed by atoms with Gasteiger partial charge in [-0.2, -0.15) is 0 Å². The number of hydrogen-bond acceptors (Lipinski definition) is 4. The molecule has 6 nitrogen and oxygen atoms in total. The van der Waals surface area contributed by atoms with Crippen molar-refractivity contribution in [3.05, 3.63) is 30.3 Å². The van der Waals surface area contributed by atoms with E-state index in [2.05, 4.69) is 20.5 Å². The van der Waals surface area contributed by atoms with E-state index < -0.39 is 9.84 Å². The van der Waals surface area contributed by atoms with Crippen LogP contribution in [0.3, 0.4) is 0 Å². The van der Waals surface area contributed by atoms with Gasteiger partial charge in [-0.15, -0.1) is 24.0 Å². The van der Waals surface area contributed by atoms with Gasteiger partial charge < -0.3 is 15.5 Å². The van der Waals surface area contributed by atoms with Crippen LogP contribution in [0.5, 0.6) is 0 Å². The Morgan fingerprint density at radius 3 is 2.30 bits per heavy atom. The number of rotatable bonds is 8. The fraction of sp³-hybridized carbons (Fsp3) is 0.632. The number of aliphatic imine (C=N–C) groups is 1. The van der Waals surface area contributed by atoms with Gasteiger partial charge in [0.1, 0.15) is 0 Å². The third kappa shape index (κ3) is 9.25. The van der Waals surface area contributed by atoms with Crippen molar-refractivity contribution < 1.29 is 8.42 Å². The monoisotopic (exact) mass is 508 g/mol. The fourth-order valence-electron chi connectivity index (χ4n) is 3.14. The van der Waals surface area contributed by atoms with Gasteiger partial charge in [-0.05, 0) is 51.0 Å². The van der Waals surface area contributed by atoms with Gasteiger partial charge in [-0.3, -0.25) is 4.99 Å². The number of benzene rings is 1. The van der Waals surface area contributed by atoms with Crippen molar-refractivity contribution in [3.63, 3.8) is 0 Å². The molecule has 1 fully saturated rings. The van der Waals surface area contributed by atoms with Gasteiger partial charge in [0.25, 0.3) is 0 Å². The van der Waals surface area contributed by atoms with Crippen LogP contribution in [0.4, 0.5) is 0 Å². The quantitative estimate of drug-likeness (QED) is 0.244. The Balaban J connectivity index is 0.00000364. The lowest BCUT2D eigenvalue weighted by Crippen LogP contribution is -2.40. The van der Waals surface area contributed by atoms with Crippen LogP contribution < -0.4 is 10.6 Å². The predicted octanol–water partition coefficient (Wildman–Crippen LogP) is 2.51. The lowest BCUT2D eigenvalue weighted by molar-refractivity contribution is 0.282. The van der Waals surface area contributed by atoms with Gasteiger partial charge in [-0.1, -0.05) is 31.0 Å². The molecule has 0 atom stereocenters. The maximum Gasteiger partial charge on any atom is 0.191 e. The normalized spacial score (nSPS) is 16.3. The molecule has 27 heavy (non-hydrogen) atoms. The molecule has 1 aromatic carbocycles. The van der Waals surface area contributed by atoms with Crippen LogP contribution >= 0.6 is 24.0 Å². The van der Waals surface area contributed by atoms with Crippen LogP contribution in [0.15, 0.2) is 40.2 Å². The van der Waals surface area contributed by atoms with E-state index in [0.29, 0.717) is 17.4 Å². The Hall–Kier alpha value is -0.870. The van der Waals surface area contributed by atoms with E-state index in [1.54, 1.807) is 31.3 Å². The molecule has 0 aliphatic carbocycles. The zero-order chi connectivity index (χ0) is 18.7. The van der Waals surface area contributed by atoms with E-state index in [-0.39, 0.29) is 29.7 Å². The highest BCUT2D eigenvalue weighted by Crippen LogP contribution is 2.10. The number of nitrogens with one attached hydrogen (secondary N) is 2. The Morgan fingerprint density at radius 2 is 1.67 bits per heavy atom. The molecule has 0 saturated carbocycles. The van der Waals surface area contributed by atoms with Crippen molar-refractivity contribution in [2.75, 3.05) is 45.5 Å². The lowest BCUT2D eigenvalue weighted by Gasteiger charge is -2.20. The largest absolute Gasteiger partial charge is 0.356 e. The highest BCUT2D eigenvalue weighted by atomic mass is 127. The smallest absolute Gasteiger partial charge is 0.191 e. The van der Waals surface area contributed by atoms with Gasteiger partial charge in [0.2, 0.25) is 0 Å². The fourth-order valence-corrected chi connectivity index (χ4v) is 4.32. The molecule has 1 heterocycles. The first-order valence-corrected chi connectivity index (χ1v) is 11.2. The third-order valence-corrected chi connectivity index (χ3v) is 6.36. The average Bonchev–Trinajstić information content (AvgIpc) is 2.93. The van der Waals surface area contributed by atoms with E-state index in [0.717, 1.165) is 19.5 Å². The zero-order valence-corrected chi connectivity index (χ0v) is 19.3. The molecular weight excluding hydrogens is 475 g/mol. The summed E-state index contributed by atoms with van der Waals surface area (Å²) in [5, 5.41) is 6.36. The Bertz CT molecular complexity index is 645. The first-order chi connectivity index (χ1) is 12.6. The summed E-state index contributed by atoms with van der Waals surface area (Å²) in [6.45, 7) is 4.70. The summed E-state index contributed by atoms with van der Waals surface area (Å²) in [6, 6.07) is 8.56. The Morgan fingerprint density at radius 1 is 1.04 bits per heavy atom. The predicted molar refractivity (Wildman–Crippen MR) is 123 cm³/mol. The summed E-state index contributed by atoms with van der Waals surface area (Å²) < 4.78 is 24.5. The van der Waals surface area contributed by atoms with Crippen LogP contribution in [0, 0.1) is 0 Å². The summed E-state index contributed by atoms with van der Waals surface area (Å²) in [6.07, 6.45) is 6.40. The van der Waals surface area contributed by atoms with Gasteiger partial charge in [0.15, 0.2) is 15.8 Å². The molecule has 8 heteroatoms. The second-order valence-corrected chi connectivity index (χ2v) is 8.78. The number of halogens is 1. The summed E-state index contributed by atoms with van der Waals surface area (Å²) in [4.78, 5) is 7.07. The molecule has 2 rings (SSSR count). The van der Waals surface area contributed by atoms with Gasteiger partial charge >= 0.3 is 0 Å². The molecule has 154 valence electrons. The molecule has 0 aromatic heterocycles. The molecule has 0 bridgehead atoms. The molecule has 1 saturated heterocycles. The Labute approximate surface area is 181 Å². The van der Waals surface area contributed by atoms with Crippen LogP contribution in [0.25, 0.3) is 0 Å². The third-order valence-electron chi connectivity index (χ3n) is 4.63. The zero-order valence-electron chi connectivity index (χ0n) is 16.2. The van der Waals surface area contributed by atoms with Crippen LogP contribution in [-0.4, -0.2) is 64.8 Å². The standard InChI is InChI=1S/C19H32N4O2S.HI/c1-20-19(21-12-9-16-23-14-7-2-3-8-15-23)22-13-17-26(24,25)18-10-5-4-6-11-18;/h4-6,10-11H,2-3,7-9,12-17H2,1H3,(H2,20,21,22);1H. The number of sulfone groups is 1. The van der Waals surface area contributed by atoms with Crippen molar-refractivity contribution in [1.29, 1.82) is 0 Å². The maximum atomic E-state index is 12.3. The number of guanidine groups is 1. The minimum atomic E-state index is -3.26. The van der Waals surface area contributed by atoms with Crippen LogP contribution in [0.1, 0.15) is 32.1 Å². The molecule has 1 aromatic rings. The van der Waals surface area contributed by atoms with Crippen molar-refractivity contribution in [2.45, 2.75) is 37.0 Å². The molecule has 0 spiro atoms. The second kappa shape index (κ2) is 13.3. The van der Waals surface area contributed by atoms with Gasteiger partial charge in [0, 0.05) is 20.1 Å². The minimum Gasteiger partial charge on any atom is -0.356 e. The minimum absolute atomic E-state index is 0. The average molecular weight is 508 g/mol. The summed E-state index contributed by atoms with van der Waals surface area (Å²) in [5.41, 5.74) is 0. The van der Waals surface area contributed by atoms with Crippen molar-refractivity contribution in [2.24, 2.45) is 4.99 Å². The number of hydrogen-bond donors (Lipinski definition) is 2. The van der Waals surface area contributed by atoms with E-state index in [1.807, 2.05) is 6.07 Å². The molecule has 1 aliphatic heterocycles. The van der Waals surface area contributed by atoms with E-state index in [1.165, 1.54) is 38.8 Å². The SMILES string of the molecule is CN=C(NCCCN1CCCCCC1)NCCS(=O)(=O)c1ccccc1.I. The Kier molecular flexibility index (Phi) is 11.9. The molecule has 2 N–H and O–H groups in total. The highest BCUT2D eigenvalue weighted by Gasteiger charge is 2.13. The van der Waals surface area contributed by atoms with Crippen LogP contribution in [-0.2, 0) is 9.84 Å². The van der Waals surface area contributed by atoms with Gasteiger partial charge in [-0.25, -0.2) is 8.42 Å². The molecule has 0 radical (unpaired) electrons. The summed E-state index contributed by atoms with van der Waals surface area (Å²) in [5.74, 6) is 0.704. The topological polar surface area (TPSA) is 73.8 Å². The highest BCUT2D eigenvalue weighted by molar-refractivity contribution is 14.0. The van der Waals surface area contributed by atoms with Crippen molar-refractivity contribution in [1.82, 2.24) is 15.5 Å². The van der Waals surface area contributed by atoms with E-state index in [9.17, 15) is 8.42 Å². The molecular formula is C19H33IN4O2S. The first kappa shape index (κ1) is 24.2. The van der Waals surface area contributed by atoms with E-state index >= 15 is 0 Å². The van der Waals surface area contributed by atoms with Crippen molar-refractivity contribution in [3.8, 4) is 0 Å². The lowest BCUT2D eigenvalue weighted by atomic mass is 10.2. The number of likely N-dealkylation sites (tertiary alicyclic amines) is 1. The van der Waals surface area contributed by atoms with Crippen LogP contribution in [0.2, 0.25) is 0 Å². The van der Waals surface area contributed by atoms with Crippen molar-refractivity contribution >= 4 is 39.8 Å². The summed E-state index contributed by atoms with van der Waals surface area (Å²) >= 11 is 0. The van der Waals surface area contributed by atoms with E-state index in [4.69, 9.17) is 0 Å². The molecule has 0 amide bonds. The summed E-state index contributed by atoms with van der Waals surface area (Å²) in [7, 11) is -1.56. The maximum absolute atomic E-state index is 12.3. The second-order valence-electron chi connectivity index (χ2n) is 6.67. The molecule has 1 aliphatic rings. The molecule has 0 unspecified atom stereocenters. The first-order valence-electron chi connectivity index (χ1n) is 9.56. The van der Waals surface area contributed by atoms with Gasteiger partial charge in [0.05, 0.1) is 10.6 Å². The number of nitrogens with zero attached hydrogens (tertiary/aromatic N) is 2.